The highest BCUT2D eigenvalue weighted by molar-refractivity contribution is 6.11. The van der Waals surface area contributed by atoms with Crippen LogP contribution in [0.3, 0.4) is 0 Å². The molecule has 0 bridgehead atoms. The average Bonchev–Trinajstić information content (AvgIpc) is 3.32. The van der Waals surface area contributed by atoms with Crippen LogP contribution in [0.2, 0.25) is 0 Å². The number of tetrazole rings is 1. The van der Waals surface area contributed by atoms with Crippen molar-refractivity contribution in [2.75, 3.05) is 4.90 Å². The van der Waals surface area contributed by atoms with E-state index in [2.05, 4.69) is 15.5 Å². The molecule has 0 N–H and O–H groups in total. The summed E-state index contributed by atoms with van der Waals surface area (Å²) in [7, 11) is 0. The van der Waals surface area contributed by atoms with Gasteiger partial charge in [-0.2, -0.15) is 0 Å². The Bertz CT molecular complexity index is 1170. The van der Waals surface area contributed by atoms with Crippen molar-refractivity contribution in [3.63, 3.8) is 0 Å². The summed E-state index contributed by atoms with van der Waals surface area (Å²) >= 11 is 0. The summed E-state index contributed by atoms with van der Waals surface area (Å²) in [6, 6.07) is 25.3. The third-order valence-corrected chi connectivity index (χ3v) is 5.25. The van der Waals surface area contributed by atoms with Crippen molar-refractivity contribution in [3.8, 4) is 0 Å². The highest BCUT2D eigenvalue weighted by Gasteiger charge is 2.41. The molecule has 1 aliphatic rings. The van der Waals surface area contributed by atoms with Crippen LogP contribution >= 0.6 is 0 Å². The molecule has 0 aliphatic carbocycles. The van der Waals surface area contributed by atoms with Gasteiger partial charge in [0.05, 0.1) is 6.54 Å². The van der Waals surface area contributed by atoms with Gasteiger partial charge in [-0.05, 0) is 46.7 Å². The molecule has 142 valence electrons. The first-order valence-corrected chi connectivity index (χ1v) is 9.51. The van der Waals surface area contributed by atoms with E-state index < -0.39 is 0 Å². The third kappa shape index (κ3) is 2.99. The number of carbonyl (C=O) groups is 1. The van der Waals surface area contributed by atoms with Gasteiger partial charge in [0.1, 0.15) is 6.04 Å². The SMILES string of the molecule is Cc1ccc(N2C(=O)c3ccccc3C2c2nnnn2Cc2ccccc2)cc1. The van der Waals surface area contributed by atoms with Gasteiger partial charge in [0.25, 0.3) is 5.91 Å². The summed E-state index contributed by atoms with van der Waals surface area (Å²) in [6.07, 6.45) is 0. The van der Waals surface area contributed by atoms with Gasteiger partial charge in [-0.3, -0.25) is 9.69 Å². The van der Waals surface area contributed by atoms with Gasteiger partial charge in [0.2, 0.25) is 0 Å². The zero-order valence-corrected chi connectivity index (χ0v) is 15.9. The zero-order valence-electron chi connectivity index (χ0n) is 15.9. The minimum Gasteiger partial charge on any atom is -0.293 e. The van der Waals surface area contributed by atoms with Crippen LogP contribution in [0.15, 0.2) is 78.9 Å². The van der Waals surface area contributed by atoms with Gasteiger partial charge in [0, 0.05) is 11.3 Å². The maximum atomic E-state index is 13.3. The molecule has 0 radical (unpaired) electrons. The fraction of sp³-hybridized carbons (Fsp3) is 0.130. The molecule has 6 heteroatoms. The molecule has 4 aromatic rings. The van der Waals surface area contributed by atoms with Crippen LogP contribution < -0.4 is 4.90 Å². The minimum absolute atomic E-state index is 0.0382. The van der Waals surface area contributed by atoms with Crippen molar-refractivity contribution in [3.05, 3.63) is 107 Å². The molecule has 1 amide bonds. The third-order valence-electron chi connectivity index (χ3n) is 5.25. The summed E-state index contributed by atoms with van der Waals surface area (Å²) in [5, 5.41) is 12.5. The number of amides is 1. The van der Waals surface area contributed by atoms with Crippen LogP contribution in [0, 0.1) is 6.92 Å². The first kappa shape index (κ1) is 17.3. The van der Waals surface area contributed by atoms with E-state index in [0.29, 0.717) is 17.9 Å². The van der Waals surface area contributed by atoms with E-state index in [1.54, 1.807) is 9.58 Å². The van der Waals surface area contributed by atoms with E-state index in [0.717, 1.165) is 22.4 Å². The number of carbonyl (C=O) groups excluding carboxylic acids is 1. The van der Waals surface area contributed by atoms with Gasteiger partial charge >= 0.3 is 0 Å². The van der Waals surface area contributed by atoms with Crippen molar-refractivity contribution in [2.45, 2.75) is 19.5 Å². The van der Waals surface area contributed by atoms with Crippen molar-refractivity contribution < 1.29 is 4.79 Å². The van der Waals surface area contributed by atoms with Crippen LogP contribution in [0.4, 0.5) is 5.69 Å². The van der Waals surface area contributed by atoms with Crippen LogP contribution in [0.1, 0.15) is 38.9 Å². The van der Waals surface area contributed by atoms with E-state index in [1.807, 2.05) is 85.8 Å². The highest BCUT2D eigenvalue weighted by atomic mass is 16.2. The molecule has 0 saturated carbocycles. The Labute approximate surface area is 168 Å². The van der Waals surface area contributed by atoms with Gasteiger partial charge in [-0.25, -0.2) is 4.68 Å². The maximum Gasteiger partial charge on any atom is 0.259 e. The van der Waals surface area contributed by atoms with Gasteiger partial charge in [-0.15, -0.1) is 5.10 Å². The predicted molar refractivity (Wildman–Crippen MR) is 110 cm³/mol. The second-order valence-corrected chi connectivity index (χ2v) is 7.18. The molecule has 0 saturated heterocycles. The number of fused-ring (bicyclic) bond motifs is 1. The van der Waals surface area contributed by atoms with Crippen molar-refractivity contribution in [2.24, 2.45) is 0 Å². The number of aryl methyl sites for hydroxylation is 1. The van der Waals surface area contributed by atoms with Crippen LogP contribution in [-0.4, -0.2) is 26.1 Å². The monoisotopic (exact) mass is 381 g/mol. The lowest BCUT2D eigenvalue weighted by atomic mass is 10.0. The summed E-state index contributed by atoms with van der Waals surface area (Å²) in [5.41, 5.74) is 4.68. The second kappa shape index (κ2) is 6.98. The maximum absolute atomic E-state index is 13.3. The Morgan fingerprint density at radius 3 is 2.41 bits per heavy atom. The number of hydrogen-bond donors (Lipinski definition) is 0. The molecule has 29 heavy (non-hydrogen) atoms. The molecule has 3 aromatic carbocycles. The molecule has 0 fully saturated rings. The highest BCUT2D eigenvalue weighted by Crippen LogP contribution is 2.40. The lowest BCUT2D eigenvalue weighted by Gasteiger charge is -2.25. The van der Waals surface area contributed by atoms with Crippen LogP contribution in [-0.2, 0) is 6.54 Å². The summed E-state index contributed by atoms with van der Waals surface area (Å²) in [4.78, 5) is 15.1. The molecular formula is C23H19N5O. The Morgan fingerprint density at radius 2 is 1.62 bits per heavy atom. The average molecular weight is 381 g/mol. The Morgan fingerprint density at radius 1 is 0.897 bits per heavy atom. The number of anilines is 1. The lowest BCUT2D eigenvalue weighted by Crippen LogP contribution is -2.30. The topological polar surface area (TPSA) is 63.9 Å². The molecule has 1 aromatic heterocycles. The lowest BCUT2D eigenvalue weighted by molar-refractivity contribution is 0.0992. The largest absolute Gasteiger partial charge is 0.293 e. The number of aromatic nitrogens is 4. The predicted octanol–water partition coefficient (Wildman–Crippen LogP) is 3.78. The van der Waals surface area contributed by atoms with E-state index in [9.17, 15) is 4.79 Å². The Balaban J connectivity index is 1.62. The Hall–Kier alpha value is -3.80. The van der Waals surface area contributed by atoms with E-state index in [1.165, 1.54) is 0 Å². The molecule has 2 heterocycles. The quantitative estimate of drug-likeness (QED) is 0.540. The summed E-state index contributed by atoms with van der Waals surface area (Å²) < 4.78 is 1.77. The van der Waals surface area contributed by atoms with Crippen molar-refractivity contribution in [1.82, 2.24) is 20.2 Å². The zero-order chi connectivity index (χ0) is 19.8. The van der Waals surface area contributed by atoms with E-state index in [-0.39, 0.29) is 11.9 Å². The van der Waals surface area contributed by atoms with Gasteiger partial charge in [-0.1, -0.05) is 66.2 Å². The van der Waals surface area contributed by atoms with Crippen LogP contribution in [0.25, 0.3) is 0 Å². The second-order valence-electron chi connectivity index (χ2n) is 7.18. The molecule has 0 spiro atoms. The van der Waals surface area contributed by atoms with Gasteiger partial charge in [0.15, 0.2) is 5.82 Å². The van der Waals surface area contributed by atoms with Crippen LogP contribution in [0.5, 0.6) is 0 Å². The normalized spacial score (nSPS) is 15.6. The van der Waals surface area contributed by atoms with Crippen molar-refractivity contribution >= 4 is 11.6 Å². The van der Waals surface area contributed by atoms with Crippen molar-refractivity contribution in [1.29, 1.82) is 0 Å². The standard InChI is InChI=1S/C23H19N5O/c1-16-11-13-18(14-12-16)28-21(19-9-5-6-10-20(19)23(28)29)22-24-25-26-27(22)15-17-7-3-2-4-8-17/h2-14,21H,15H2,1H3. The minimum atomic E-state index is -0.375. The molecule has 1 aliphatic heterocycles. The summed E-state index contributed by atoms with van der Waals surface area (Å²) in [6.45, 7) is 2.57. The first-order chi connectivity index (χ1) is 14.2. The number of benzene rings is 3. The molecule has 1 atom stereocenters. The molecule has 1 unspecified atom stereocenters. The number of rotatable bonds is 4. The Kier molecular flexibility index (Phi) is 4.17. The smallest absolute Gasteiger partial charge is 0.259 e. The summed E-state index contributed by atoms with van der Waals surface area (Å²) in [5.74, 6) is 0.608. The van der Waals surface area contributed by atoms with E-state index in [4.69, 9.17) is 0 Å². The molecule has 6 nitrogen and oxygen atoms in total. The molecule has 5 rings (SSSR count). The number of nitrogens with zero attached hydrogens (tertiary/aromatic N) is 5. The van der Waals surface area contributed by atoms with E-state index >= 15 is 0 Å². The number of hydrogen-bond acceptors (Lipinski definition) is 4. The first-order valence-electron chi connectivity index (χ1n) is 9.51. The fourth-order valence-corrected chi connectivity index (χ4v) is 3.82. The molecular weight excluding hydrogens is 362 g/mol. The van der Waals surface area contributed by atoms with Gasteiger partial charge < -0.3 is 0 Å². The fourth-order valence-electron chi connectivity index (χ4n) is 3.82.